The maximum absolute atomic E-state index is 12.1. The maximum atomic E-state index is 12.1. The van der Waals surface area contributed by atoms with Gasteiger partial charge in [0.05, 0.1) is 6.54 Å². The molecule has 0 spiro atoms. The van der Waals surface area contributed by atoms with E-state index in [1.165, 1.54) is 5.56 Å². The van der Waals surface area contributed by atoms with Crippen molar-refractivity contribution in [1.29, 1.82) is 0 Å². The van der Waals surface area contributed by atoms with Gasteiger partial charge in [-0.05, 0) is 57.0 Å². The molecule has 1 aliphatic rings. The summed E-state index contributed by atoms with van der Waals surface area (Å²) in [5.41, 5.74) is 1.18. The summed E-state index contributed by atoms with van der Waals surface area (Å²) in [4.78, 5) is 12.1. The van der Waals surface area contributed by atoms with Crippen LogP contribution in [0.3, 0.4) is 0 Å². The molecule has 1 aromatic rings. The van der Waals surface area contributed by atoms with Crippen LogP contribution in [0.25, 0.3) is 0 Å². The lowest BCUT2D eigenvalue weighted by atomic mass is 9.97. The summed E-state index contributed by atoms with van der Waals surface area (Å²) in [7, 11) is 0. The topological polar surface area (TPSA) is 50.4 Å². The number of amides is 1. The molecule has 4 nitrogen and oxygen atoms in total. The summed E-state index contributed by atoms with van der Waals surface area (Å²) in [5, 5.41) is 6.33. The van der Waals surface area contributed by atoms with Gasteiger partial charge in [-0.15, -0.1) is 12.4 Å². The second-order valence-electron chi connectivity index (χ2n) is 5.73. The largest absolute Gasteiger partial charge is 0.489 e. The number of carbonyl (C=O) groups excluding carboxylic acids is 1. The number of piperidine rings is 1. The molecule has 1 unspecified atom stereocenters. The summed E-state index contributed by atoms with van der Waals surface area (Å²) >= 11 is 0. The second-order valence-corrected chi connectivity index (χ2v) is 5.73. The van der Waals surface area contributed by atoms with E-state index in [2.05, 4.69) is 17.6 Å². The fourth-order valence-corrected chi connectivity index (χ4v) is 2.59. The monoisotopic (exact) mass is 326 g/mol. The smallest absolute Gasteiger partial charge is 0.223 e. The van der Waals surface area contributed by atoms with Crippen molar-refractivity contribution in [2.45, 2.75) is 39.2 Å². The summed E-state index contributed by atoms with van der Waals surface area (Å²) in [5.74, 6) is 1.20. The highest BCUT2D eigenvalue weighted by molar-refractivity contribution is 5.85. The SMILES string of the molecule is CCC(CNC(=O)C1CCNCC1)Oc1cccc(C)c1.Cl. The summed E-state index contributed by atoms with van der Waals surface area (Å²) in [6.45, 7) is 6.58. The molecule has 2 rings (SSSR count). The number of carbonyl (C=O) groups is 1. The number of rotatable bonds is 6. The molecule has 0 saturated carbocycles. The van der Waals surface area contributed by atoms with Crippen LogP contribution in [-0.2, 0) is 4.79 Å². The highest BCUT2D eigenvalue weighted by Crippen LogP contribution is 2.16. The Labute approximate surface area is 139 Å². The Balaban J connectivity index is 0.00000242. The first kappa shape index (κ1) is 18.8. The van der Waals surface area contributed by atoms with Gasteiger partial charge in [0.25, 0.3) is 0 Å². The average Bonchev–Trinajstić information content (AvgIpc) is 2.52. The van der Waals surface area contributed by atoms with Gasteiger partial charge >= 0.3 is 0 Å². The van der Waals surface area contributed by atoms with E-state index in [9.17, 15) is 4.79 Å². The molecule has 1 fully saturated rings. The molecule has 2 N–H and O–H groups in total. The van der Waals surface area contributed by atoms with Crippen LogP contribution in [-0.4, -0.2) is 31.6 Å². The Hall–Kier alpha value is -1.26. The molecule has 1 heterocycles. The van der Waals surface area contributed by atoms with Gasteiger partial charge in [0.1, 0.15) is 11.9 Å². The van der Waals surface area contributed by atoms with Crippen LogP contribution in [0.1, 0.15) is 31.7 Å². The highest BCUT2D eigenvalue weighted by atomic mass is 35.5. The Morgan fingerprint density at radius 2 is 2.14 bits per heavy atom. The van der Waals surface area contributed by atoms with Crippen molar-refractivity contribution in [3.05, 3.63) is 29.8 Å². The molecular formula is C17H27ClN2O2. The zero-order valence-corrected chi connectivity index (χ0v) is 14.2. The van der Waals surface area contributed by atoms with Crippen LogP contribution < -0.4 is 15.4 Å². The van der Waals surface area contributed by atoms with Crippen molar-refractivity contribution < 1.29 is 9.53 Å². The first-order valence-corrected chi connectivity index (χ1v) is 7.90. The van der Waals surface area contributed by atoms with Gasteiger partial charge in [-0.1, -0.05) is 19.1 Å². The predicted molar refractivity (Wildman–Crippen MR) is 91.7 cm³/mol. The Morgan fingerprint density at radius 3 is 2.77 bits per heavy atom. The van der Waals surface area contributed by atoms with Gasteiger partial charge in [-0.3, -0.25) is 4.79 Å². The van der Waals surface area contributed by atoms with E-state index >= 15 is 0 Å². The normalized spacial score (nSPS) is 16.5. The quantitative estimate of drug-likeness (QED) is 0.845. The molecule has 1 amide bonds. The third-order valence-corrected chi connectivity index (χ3v) is 3.96. The van der Waals surface area contributed by atoms with E-state index in [1.54, 1.807) is 0 Å². The zero-order chi connectivity index (χ0) is 15.1. The zero-order valence-electron chi connectivity index (χ0n) is 13.4. The van der Waals surface area contributed by atoms with E-state index in [0.29, 0.717) is 6.54 Å². The number of halogens is 1. The third-order valence-electron chi connectivity index (χ3n) is 3.96. The van der Waals surface area contributed by atoms with Crippen molar-refractivity contribution in [2.75, 3.05) is 19.6 Å². The summed E-state index contributed by atoms with van der Waals surface area (Å²) < 4.78 is 5.96. The Morgan fingerprint density at radius 1 is 1.41 bits per heavy atom. The second kappa shape index (κ2) is 9.70. The van der Waals surface area contributed by atoms with Crippen LogP contribution in [0.4, 0.5) is 0 Å². The third kappa shape index (κ3) is 5.85. The van der Waals surface area contributed by atoms with E-state index in [0.717, 1.165) is 38.1 Å². The maximum Gasteiger partial charge on any atom is 0.223 e. The molecule has 1 aromatic carbocycles. The van der Waals surface area contributed by atoms with Crippen molar-refractivity contribution in [3.63, 3.8) is 0 Å². The molecule has 22 heavy (non-hydrogen) atoms. The molecule has 0 bridgehead atoms. The van der Waals surface area contributed by atoms with Gasteiger partial charge in [0.15, 0.2) is 0 Å². The molecule has 5 heteroatoms. The molecule has 0 radical (unpaired) electrons. The van der Waals surface area contributed by atoms with Crippen molar-refractivity contribution in [2.24, 2.45) is 5.92 Å². The lowest BCUT2D eigenvalue weighted by Gasteiger charge is -2.24. The molecule has 1 atom stereocenters. The minimum atomic E-state index is 0. The summed E-state index contributed by atoms with van der Waals surface area (Å²) in [6.07, 6.45) is 2.76. The van der Waals surface area contributed by atoms with E-state index in [1.807, 2.05) is 31.2 Å². The van der Waals surface area contributed by atoms with Crippen LogP contribution in [0, 0.1) is 12.8 Å². The molecule has 1 saturated heterocycles. The van der Waals surface area contributed by atoms with Crippen molar-refractivity contribution in [3.8, 4) is 5.75 Å². The molecule has 0 aliphatic carbocycles. The number of aryl methyl sites for hydroxylation is 1. The lowest BCUT2D eigenvalue weighted by Crippen LogP contribution is -2.41. The fourth-order valence-electron chi connectivity index (χ4n) is 2.59. The predicted octanol–water partition coefficient (Wildman–Crippen LogP) is 2.69. The van der Waals surface area contributed by atoms with Crippen molar-refractivity contribution >= 4 is 18.3 Å². The highest BCUT2D eigenvalue weighted by Gasteiger charge is 2.21. The van der Waals surface area contributed by atoms with E-state index in [-0.39, 0.29) is 30.3 Å². The fraction of sp³-hybridized carbons (Fsp3) is 0.588. The molecule has 1 aliphatic heterocycles. The Bertz CT molecular complexity index is 462. The van der Waals surface area contributed by atoms with Gasteiger partial charge < -0.3 is 15.4 Å². The average molecular weight is 327 g/mol. The van der Waals surface area contributed by atoms with Gasteiger partial charge in [-0.2, -0.15) is 0 Å². The first-order chi connectivity index (χ1) is 10.2. The number of hydrogen-bond donors (Lipinski definition) is 2. The van der Waals surface area contributed by atoms with Crippen LogP contribution in [0.15, 0.2) is 24.3 Å². The van der Waals surface area contributed by atoms with Gasteiger partial charge in [0.2, 0.25) is 5.91 Å². The molecule has 124 valence electrons. The van der Waals surface area contributed by atoms with E-state index in [4.69, 9.17) is 4.74 Å². The van der Waals surface area contributed by atoms with Crippen molar-refractivity contribution in [1.82, 2.24) is 10.6 Å². The summed E-state index contributed by atoms with van der Waals surface area (Å²) in [6, 6.07) is 8.03. The number of benzene rings is 1. The van der Waals surface area contributed by atoms with Gasteiger partial charge in [-0.25, -0.2) is 0 Å². The minimum absolute atomic E-state index is 0. The van der Waals surface area contributed by atoms with Crippen LogP contribution in [0.2, 0.25) is 0 Å². The molecular weight excluding hydrogens is 300 g/mol. The van der Waals surface area contributed by atoms with Crippen LogP contribution >= 0.6 is 12.4 Å². The lowest BCUT2D eigenvalue weighted by molar-refractivity contribution is -0.126. The number of ether oxygens (including phenoxy) is 1. The number of hydrogen-bond acceptors (Lipinski definition) is 3. The molecule has 0 aromatic heterocycles. The minimum Gasteiger partial charge on any atom is -0.489 e. The first-order valence-electron chi connectivity index (χ1n) is 7.90. The Kier molecular flexibility index (Phi) is 8.28. The van der Waals surface area contributed by atoms with E-state index < -0.39 is 0 Å². The standard InChI is InChI=1S/C17H26N2O2.ClH/c1-3-15(21-16-6-4-5-13(2)11-16)12-19-17(20)14-7-9-18-10-8-14;/h4-6,11,14-15,18H,3,7-10,12H2,1-2H3,(H,19,20);1H. The van der Waals surface area contributed by atoms with Crippen LogP contribution in [0.5, 0.6) is 5.75 Å². The number of nitrogens with one attached hydrogen (secondary N) is 2. The van der Waals surface area contributed by atoms with Gasteiger partial charge in [0, 0.05) is 5.92 Å².